The van der Waals surface area contributed by atoms with Gasteiger partial charge in [-0.1, -0.05) is 42.4 Å². The number of carbonyl (C=O) groups is 1. The Labute approximate surface area is 191 Å². The number of rotatable bonds is 0. The summed E-state index contributed by atoms with van der Waals surface area (Å²) in [6.07, 6.45) is 7.18. The van der Waals surface area contributed by atoms with Crippen LogP contribution in [0.4, 0.5) is 0 Å². The largest absolute Gasteiger partial charge is 0.361 e. The van der Waals surface area contributed by atoms with E-state index >= 15 is 0 Å². The molecule has 0 saturated carbocycles. The normalized spacial score (nSPS) is 15.9. The Morgan fingerprint density at radius 3 is 2.94 bits per heavy atom. The average molecular weight is 446 g/mol. The van der Waals surface area contributed by atoms with E-state index in [9.17, 15) is 4.79 Å². The molecule has 3 heterocycles. The summed E-state index contributed by atoms with van der Waals surface area (Å²) in [5.41, 5.74) is 5.88. The minimum absolute atomic E-state index is 0.130. The standard InChI is InChI=1S/C25H27N5OS/c31-23-10-8-20-18(7-9-22-21(20)11-13-26-22)15-17-5-4-6-19(16-17)24-28-25(30-29-24)32-14-3-1-2-12-27-23/h4-7,9,11,13,16,26H,1-3,8,10,12,14-15H2,(H,27,31)(H,28,29,30). The van der Waals surface area contributed by atoms with Crippen molar-refractivity contribution in [3.05, 3.63) is 65.4 Å². The number of amides is 1. The van der Waals surface area contributed by atoms with Crippen molar-refractivity contribution >= 4 is 28.6 Å². The fraction of sp³-hybridized carbons (Fsp3) is 0.320. The second kappa shape index (κ2) is 9.61. The third-order valence-electron chi connectivity index (χ3n) is 5.98. The first-order chi connectivity index (χ1) is 15.8. The minimum Gasteiger partial charge on any atom is -0.361 e. The maximum absolute atomic E-state index is 12.5. The van der Waals surface area contributed by atoms with Crippen LogP contribution in [-0.2, 0) is 17.6 Å². The molecule has 3 N–H and O–H groups in total. The molecular formula is C25H27N5OS. The zero-order chi connectivity index (χ0) is 21.8. The summed E-state index contributed by atoms with van der Waals surface area (Å²) >= 11 is 1.68. The summed E-state index contributed by atoms with van der Waals surface area (Å²) in [5.74, 6) is 1.92. The molecule has 32 heavy (non-hydrogen) atoms. The molecule has 2 aromatic carbocycles. The number of nitrogens with zero attached hydrogens (tertiary/aromatic N) is 2. The van der Waals surface area contributed by atoms with E-state index in [1.807, 2.05) is 6.20 Å². The maximum Gasteiger partial charge on any atom is 0.220 e. The number of fused-ring (bicyclic) bond motifs is 8. The fourth-order valence-electron chi connectivity index (χ4n) is 4.31. The van der Waals surface area contributed by atoms with Gasteiger partial charge in [0.05, 0.1) is 0 Å². The number of hydrogen-bond donors (Lipinski definition) is 3. The van der Waals surface area contributed by atoms with E-state index in [0.29, 0.717) is 6.42 Å². The number of hydrogen-bond acceptors (Lipinski definition) is 4. The van der Waals surface area contributed by atoms with Crippen molar-refractivity contribution in [3.8, 4) is 11.4 Å². The van der Waals surface area contributed by atoms with Gasteiger partial charge < -0.3 is 10.3 Å². The molecule has 4 aromatic rings. The lowest BCUT2D eigenvalue weighted by molar-refractivity contribution is -0.121. The topological polar surface area (TPSA) is 86.5 Å². The van der Waals surface area contributed by atoms with Gasteiger partial charge in [0.1, 0.15) is 0 Å². The third-order valence-corrected chi connectivity index (χ3v) is 6.91. The van der Waals surface area contributed by atoms with Gasteiger partial charge in [-0.15, -0.1) is 5.10 Å². The van der Waals surface area contributed by atoms with Crippen LogP contribution in [0.1, 0.15) is 42.4 Å². The van der Waals surface area contributed by atoms with Gasteiger partial charge in [-0.3, -0.25) is 9.89 Å². The first-order valence-corrected chi connectivity index (χ1v) is 12.2. The van der Waals surface area contributed by atoms with Gasteiger partial charge in [-0.2, -0.15) is 0 Å². The van der Waals surface area contributed by atoms with Crippen molar-refractivity contribution in [3.63, 3.8) is 0 Å². The summed E-state index contributed by atoms with van der Waals surface area (Å²) in [7, 11) is 0. The van der Waals surface area contributed by atoms with E-state index in [2.05, 4.69) is 67.9 Å². The summed E-state index contributed by atoms with van der Waals surface area (Å²) in [4.78, 5) is 20.5. The number of nitrogens with one attached hydrogen (secondary N) is 3. The Morgan fingerprint density at radius 1 is 1.00 bits per heavy atom. The van der Waals surface area contributed by atoms with Crippen LogP contribution in [0.2, 0.25) is 0 Å². The summed E-state index contributed by atoms with van der Waals surface area (Å²) in [6.45, 7) is 0.737. The monoisotopic (exact) mass is 445 g/mol. The first-order valence-electron chi connectivity index (χ1n) is 11.3. The lowest BCUT2D eigenvalue weighted by atomic mass is 9.93. The number of carbonyl (C=O) groups excluding carboxylic acids is 1. The van der Waals surface area contributed by atoms with Crippen LogP contribution < -0.4 is 5.32 Å². The number of aromatic amines is 2. The molecule has 1 amide bonds. The van der Waals surface area contributed by atoms with Crippen molar-refractivity contribution < 1.29 is 4.79 Å². The molecule has 4 bridgehead atoms. The first kappa shape index (κ1) is 20.8. The predicted molar refractivity (Wildman–Crippen MR) is 129 cm³/mol. The Bertz CT molecular complexity index is 1230. The van der Waals surface area contributed by atoms with Gasteiger partial charge in [0.15, 0.2) is 5.82 Å². The Kier molecular flexibility index (Phi) is 6.25. The summed E-state index contributed by atoms with van der Waals surface area (Å²) in [6, 6.07) is 14.9. The van der Waals surface area contributed by atoms with E-state index in [1.54, 1.807) is 11.8 Å². The van der Waals surface area contributed by atoms with Crippen LogP contribution in [0.15, 0.2) is 53.8 Å². The molecule has 1 aliphatic heterocycles. The van der Waals surface area contributed by atoms with Crippen molar-refractivity contribution in [2.45, 2.75) is 43.7 Å². The molecule has 0 spiro atoms. The molecule has 164 valence electrons. The van der Waals surface area contributed by atoms with Crippen LogP contribution in [0, 0.1) is 0 Å². The van der Waals surface area contributed by atoms with E-state index in [1.165, 1.54) is 22.1 Å². The summed E-state index contributed by atoms with van der Waals surface area (Å²) in [5, 5.41) is 12.6. The van der Waals surface area contributed by atoms with E-state index in [-0.39, 0.29) is 5.91 Å². The zero-order valence-corrected chi connectivity index (χ0v) is 18.8. The fourth-order valence-corrected chi connectivity index (χ4v) is 5.11. The number of H-pyrrole nitrogens is 2. The molecule has 5 rings (SSSR count). The van der Waals surface area contributed by atoms with Gasteiger partial charge in [-0.25, -0.2) is 4.98 Å². The Morgan fingerprint density at radius 2 is 1.97 bits per heavy atom. The Hall–Kier alpha value is -3.06. The highest BCUT2D eigenvalue weighted by Crippen LogP contribution is 2.27. The molecule has 0 radical (unpaired) electrons. The molecule has 0 atom stereocenters. The smallest absolute Gasteiger partial charge is 0.220 e. The van der Waals surface area contributed by atoms with Crippen molar-refractivity contribution in [2.24, 2.45) is 0 Å². The Balaban J connectivity index is 1.49. The molecular weight excluding hydrogens is 418 g/mol. The molecule has 0 aliphatic carbocycles. The molecule has 0 fully saturated rings. The number of aryl methyl sites for hydroxylation is 1. The molecule has 2 aromatic heterocycles. The van der Waals surface area contributed by atoms with E-state index in [4.69, 9.17) is 0 Å². The quantitative estimate of drug-likeness (QED) is 0.360. The molecule has 1 aliphatic rings. The summed E-state index contributed by atoms with van der Waals surface area (Å²) < 4.78 is 0. The average Bonchev–Trinajstić information content (AvgIpc) is 3.47. The maximum atomic E-state index is 12.5. The van der Waals surface area contributed by atoms with Crippen molar-refractivity contribution in [1.29, 1.82) is 0 Å². The van der Waals surface area contributed by atoms with Crippen molar-refractivity contribution in [1.82, 2.24) is 25.5 Å². The number of aromatic nitrogens is 4. The molecule has 0 unspecified atom stereocenters. The second-order valence-corrected chi connectivity index (χ2v) is 9.31. The highest BCUT2D eigenvalue weighted by molar-refractivity contribution is 7.99. The lowest BCUT2D eigenvalue weighted by Gasteiger charge is -2.13. The molecule has 7 heteroatoms. The van der Waals surface area contributed by atoms with Gasteiger partial charge in [-0.05, 0) is 60.6 Å². The van der Waals surface area contributed by atoms with Gasteiger partial charge in [0.25, 0.3) is 0 Å². The van der Waals surface area contributed by atoms with Crippen LogP contribution in [0.3, 0.4) is 0 Å². The van der Waals surface area contributed by atoms with Gasteiger partial charge in [0.2, 0.25) is 11.1 Å². The van der Waals surface area contributed by atoms with Crippen LogP contribution in [-0.4, -0.2) is 38.4 Å². The highest BCUT2D eigenvalue weighted by atomic mass is 32.2. The van der Waals surface area contributed by atoms with E-state index < -0.39 is 0 Å². The van der Waals surface area contributed by atoms with Crippen LogP contribution in [0.5, 0.6) is 0 Å². The van der Waals surface area contributed by atoms with Crippen molar-refractivity contribution in [2.75, 3.05) is 12.3 Å². The predicted octanol–water partition coefficient (Wildman–Crippen LogP) is 4.87. The van der Waals surface area contributed by atoms with Gasteiger partial charge in [0, 0.05) is 41.4 Å². The number of thioether (sulfide) groups is 1. The number of benzene rings is 2. The lowest BCUT2D eigenvalue weighted by Crippen LogP contribution is -2.24. The van der Waals surface area contributed by atoms with Crippen LogP contribution >= 0.6 is 11.8 Å². The van der Waals surface area contributed by atoms with E-state index in [0.717, 1.165) is 66.5 Å². The second-order valence-electron chi connectivity index (χ2n) is 8.24. The third kappa shape index (κ3) is 4.72. The minimum atomic E-state index is 0.130. The van der Waals surface area contributed by atoms with Gasteiger partial charge >= 0.3 is 0 Å². The van der Waals surface area contributed by atoms with Crippen LogP contribution in [0.25, 0.3) is 22.3 Å². The highest BCUT2D eigenvalue weighted by Gasteiger charge is 2.13. The molecule has 6 nitrogen and oxygen atoms in total. The molecule has 0 saturated heterocycles. The zero-order valence-electron chi connectivity index (χ0n) is 18.0. The SMILES string of the molecule is O=C1CCc2c(ccc3[nH]ccc23)Cc2cccc(c2)-c2nc(n[nH]2)SCCCCCN1.